The van der Waals surface area contributed by atoms with E-state index in [0.717, 1.165) is 30.9 Å². The topological polar surface area (TPSA) is 101 Å². The standard InChI is InChI=1S/C18H30N4O3S.2ClH/c1-11(2)5-15(19)18-21-16(10-26-18)17(24)20-12-6-13-9-25-14(3-4-23)8-22(13)7-12;;/h10-15,23H,3-9,19H2,1-2H3,(H,20,24);2*1H/t12-,13-,14-,15-;;/m0../s1. The molecule has 10 heteroatoms. The number of hydrogen-bond acceptors (Lipinski definition) is 7. The minimum Gasteiger partial charge on any atom is -0.396 e. The zero-order chi connectivity index (χ0) is 18.7. The van der Waals surface area contributed by atoms with Crippen LogP contribution in [0.4, 0.5) is 0 Å². The van der Waals surface area contributed by atoms with Crippen molar-refractivity contribution in [2.45, 2.75) is 57.3 Å². The smallest absolute Gasteiger partial charge is 0.271 e. The second-order valence-electron chi connectivity index (χ2n) is 7.79. The molecule has 2 aliphatic rings. The first-order valence-corrected chi connectivity index (χ1v) is 10.3. The normalized spacial score (nSPS) is 25.5. The van der Waals surface area contributed by atoms with Crippen molar-refractivity contribution in [3.63, 3.8) is 0 Å². The monoisotopic (exact) mass is 454 g/mol. The number of carbonyl (C=O) groups is 1. The van der Waals surface area contributed by atoms with Gasteiger partial charge in [0, 0.05) is 37.2 Å². The number of halogens is 2. The van der Waals surface area contributed by atoms with Crippen molar-refractivity contribution < 1.29 is 14.6 Å². The van der Waals surface area contributed by atoms with Crippen LogP contribution < -0.4 is 11.1 Å². The Hall–Kier alpha value is -0.480. The van der Waals surface area contributed by atoms with Crippen molar-refractivity contribution in [1.29, 1.82) is 0 Å². The highest BCUT2D eigenvalue weighted by Gasteiger charge is 2.37. The molecule has 2 fully saturated rings. The molecule has 0 radical (unpaired) electrons. The average Bonchev–Trinajstić information content (AvgIpc) is 3.20. The molecule has 1 aromatic rings. The number of aliphatic hydroxyl groups is 1. The number of nitrogens with zero attached hydrogens (tertiary/aromatic N) is 2. The maximum Gasteiger partial charge on any atom is 0.271 e. The lowest BCUT2D eigenvalue weighted by molar-refractivity contribution is -0.0566. The quantitative estimate of drug-likeness (QED) is 0.582. The highest BCUT2D eigenvalue weighted by molar-refractivity contribution is 7.09. The van der Waals surface area contributed by atoms with Crippen molar-refractivity contribution in [3.8, 4) is 0 Å². The summed E-state index contributed by atoms with van der Waals surface area (Å²) < 4.78 is 5.79. The Labute approximate surface area is 183 Å². The van der Waals surface area contributed by atoms with E-state index in [-0.39, 0.29) is 55.5 Å². The molecule has 162 valence electrons. The first-order valence-electron chi connectivity index (χ1n) is 9.44. The fourth-order valence-corrected chi connectivity index (χ4v) is 4.61. The second-order valence-corrected chi connectivity index (χ2v) is 8.68. The van der Waals surface area contributed by atoms with E-state index in [2.05, 4.69) is 29.0 Å². The van der Waals surface area contributed by atoms with Gasteiger partial charge in [0.25, 0.3) is 5.91 Å². The third-order valence-electron chi connectivity index (χ3n) is 5.07. The lowest BCUT2D eigenvalue weighted by Crippen LogP contribution is -2.46. The third kappa shape index (κ3) is 6.52. The number of aromatic nitrogens is 1. The van der Waals surface area contributed by atoms with E-state index in [4.69, 9.17) is 15.6 Å². The minimum absolute atomic E-state index is 0. The molecule has 4 atom stereocenters. The third-order valence-corrected chi connectivity index (χ3v) is 6.05. The maximum absolute atomic E-state index is 12.5. The number of thiazole rings is 1. The first-order chi connectivity index (χ1) is 12.5. The number of aliphatic hydroxyl groups excluding tert-OH is 1. The Balaban J connectivity index is 0.00000196. The molecule has 0 saturated carbocycles. The molecule has 0 aliphatic carbocycles. The molecule has 2 saturated heterocycles. The minimum atomic E-state index is -0.123. The van der Waals surface area contributed by atoms with Crippen molar-refractivity contribution >= 4 is 42.1 Å². The van der Waals surface area contributed by atoms with Crippen LogP contribution in [0.2, 0.25) is 0 Å². The molecule has 4 N–H and O–H groups in total. The van der Waals surface area contributed by atoms with Gasteiger partial charge in [0.15, 0.2) is 0 Å². The summed E-state index contributed by atoms with van der Waals surface area (Å²) in [5, 5.41) is 14.8. The summed E-state index contributed by atoms with van der Waals surface area (Å²) in [4.78, 5) is 19.3. The van der Waals surface area contributed by atoms with Crippen LogP contribution in [0.1, 0.15) is 54.6 Å². The molecule has 28 heavy (non-hydrogen) atoms. The number of nitrogens with two attached hydrogens (primary N) is 1. The summed E-state index contributed by atoms with van der Waals surface area (Å²) in [7, 11) is 0. The van der Waals surface area contributed by atoms with Crippen molar-refractivity contribution in [1.82, 2.24) is 15.2 Å². The van der Waals surface area contributed by atoms with Gasteiger partial charge in [0.05, 0.1) is 18.8 Å². The predicted molar refractivity (Wildman–Crippen MR) is 116 cm³/mol. The molecular weight excluding hydrogens is 423 g/mol. The lowest BCUT2D eigenvalue weighted by atomic mass is 10.1. The Kier molecular flexibility index (Phi) is 10.6. The molecule has 0 spiro atoms. The van der Waals surface area contributed by atoms with Gasteiger partial charge < -0.3 is 20.9 Å². The van der Waals surface area contributed by atoms with E-state index in [1.54, 1.807) is 5.38 Å². The summed E-state index contributed by atoms with van der Waals surface area (Å²) in [6.45, 7) is 6.72. The van der Waals surface area contributed by atoms with E-state index in [1.807, 2.05) is 0 Å². The predicted octanol–water partition coefficient (Wildman–Crippen LogP) is 1.99. The van der Waals surface area contributed by atoms with E-state index in [1.165, 1.54) is 11.3 Å². The fraction of sp³-hybridized carbons (Fsp3) is 0.778. The molecule has 3 heterocycles. The maximum atomic E-state index is 12.5. The van der Waals surface area contributed by atoms with E-state index in [9.17, 15) is 4.79 Å². The molecule has 0 aromatic carbocycles. The SMILES string of the molecule is CC(C)C[C@H](N)c1nc(C(=O)N[C@H]2C[C@H]3CO[C@@H](CCO)CN3C2)cs1.Cl.Cl. The summed E-state index contributed by atoms with van der Waals surface area (Å²) in [6, 6.07) is 0.349. The molecule has 0 bridgehead atoms. The van der Waals surface area contributed by atoms with Crippen LogP contribution in [-0.2, 0) is 4.74 Å². The second kappa shape index (κ2) is 11.6. The van der Waals surface area contributed by atoms with Crippen molar-refractivity contribution in [2.75, 3.05) is 26.3 Å². The zero-order valence-electron chi connectivity index (χ0n) is 16.4. The average molecular weight is 455 g/mol. The van der Waals surface area contributed by atoms with Gasteiger partial charge in [-0.1, -0.05) is 13.8 Å². The number of hydrogen-bond donors (Lipinski definition) is 3. The Morgan fingerprint density at radius 3 is 2.89 bits per heavy atom. The number of fused-ring (bicyclic) bond motifs is 1. The van der Waals surface area contributed by atoms with Gasteiger partial charge in [-0.15, -0.1) is 36.2 Å². The van der Waals surface area contributed by atoms with Crippen molar-refractivity contribution in [2.24, 2.45) is 11.7 Å². The lowest BCUT2D eigenvalue weighted by Gasteiger charge is -2.34. The van der Waals surface area contributed by atoms with Crippen LogP contribution >= 0.6 is 36.2 Å². The van der Waals surface area contributed by atoms with Gasteiger partial charge in [0.2, 0.25) is 0 Å². The van der Waals surface area contributed by atoms with Gasteiger partial charge in [-0.2, -0.15) is 0 Å². The van der Waals surface area contributed by atoms with Crippen LogP contribution in [0.25, 0.3) is 0 Å². The van der Waals surface area contributed by atoms with Crippen LogP contribution in [0.15, 0.2) is 5.38 Å². The highest BCUT2D eigenvalue weighted by atomic mass is 35.5. The number of carbonyl (C=O) groups excluding carboxylic acids is 1. The van der Waals surface area contributed by atoms with Gasteiger partial charge in [-0.25, -0.2) is 4.98 Å². The number of morpholine rings is 1. The number of amides is 1. The Morgan fingerprint density at radius 1 is 1.46 bits per heavy atom. The molecule has 1 aromatic heterocycles. The number of rotatable bonds is 7. The van der Waals surface area contributed by atoms with Gasteiger partial charge in [0.1, 0.15) is 10.7 Å². The van der Waals surface area contributed by atoms with E-state index < -0.39 is 0 Å². The van der Waals surface area contributed by atoms with Gasteiger partial charge >= 0.3 is 0 Å². The van der Waals surface area contributed by atoms with E-state index >= 15 is 0 Å². The van der Waals surface area contributed by atoms with Crippen LogP contribution in [0.5, 0.6) is 0 Å². The molecular formula is C18H32Cl2N4O3S. The van der Waals surface area contributed by atoms with Crippen LogP contribution in [0.3, 0.4) is 0 Å². The zero-order valence-corrected chi connectivity index (χ0v) is 18.8. The number of ether oxygens (including phenoxy) is 1. The Bertz CT molecular complexity index is 619. The summed E-state index contributed by atoms with van der Waals surface area (Å²) >= 11 is 1.46. The first kappa shape index (κ1) is 25.6. The molecule has 1 amide bonds. The van der Waals surface area contributed by atoms with E-state index in [0.29, 0.717) is 30.7 Å². The number of nitrogens with one attached hydrogen (secondary N) is 1. The van der Waals surface area contributed by atoms with Gasteiger partial charge in [-0.05, 0) is 25.2 Å². The fourth-order valence-electron chi connectivity index (χ4n) is 3.80. The molecule has 2 aliphatic heterocycles. The summed E-state index contributed by atoms with van der Waals surface area (Å²) in [5.41, 5.74) is 6.63. The molecule has 0 unspecified atom stereocenters. The summed E-state index contributed by atoms with van der Waals surface area (Å²) in [6.07, 6.45) is 2.51. The highest BCUT2D eigenvalue weighted by Crippen LogP contribution is 2.25. The van der Waals surface area contributed by atoms with Crippen LogP contribution in [-0.4, -0.2) is 65.4 Å². The molecule has 3 rings (SSSR count). The Morgan fingerprint density at radius 2 is 2.21 bits per heavy atom. The van der Waals surface area contributed by atoms with Crippen molar-refractivity contribution in [3.05, 3.63) is 16.1 Å². The van der Waals surface area contributed by atoms with Gasteiger partial charge in [-0.3, -0.25) is 9.69 Å². The largest absolute Gasteiger partial charge is 0.396 e. The summed E-state index contributed by atoms with van der Waals surface area (Å²) in [5.74, 6) is 0.376. The van der Waals surface area contributed by atoms with Crippen LogP contribution in [0, 0.1) is 5.92 Å². The molecule has 7 nitrogen and oxygen atoms in total.